The van der Waals surface area contributed by atoms with Crippen molar-refractivity contribution in [3.8, 4) is 0 Å². The van der Waals surface area contributed by atoms with E-state index in [9.17, 15) is 0 Å². The van der Waals surface area contributed by atoms with Crippen LogP contribution in [-0.2, 0) is 0 Å². The third-order valence-electron chi connectivity index (χ3n) is 3.52. The molecule has 0 spiro atoms. The second-order valence-electron chi connectivity index (χ2n) is 5.19. The molecule has 0 aromatic heterocycles. The SMILES string of the molecule is CC1(C)CC(C2CCSC2)CCN1. The van der Waals surface area contributed by atoms with Gasteiger partial charge in [-0.05, 0) is 63.0 Å². The smallest absolute Gasteiger partial charge is 0.0127 e. The van der Waals surface area contributed by atoms with Crippen molar-refractivity contribution in [3.63, 3.8) is 0 Å². The highest BCUT2D eigenvalue weighted by Crippen LogP contribution is 2.37. The maximum absolute atomic E-state index is 3.60. The van der Waals surface area contributed by atoms with Gasteiger partial charge in [-0.15, -0.1) is 0 Å². The third kappa shape index (κ3) is 2.41. The highest BCUT2D eigenvalue weighted by molar-refractivity contribution is 7.99. The van der Waals surface area contributed by atoms with Gasteiger partial charge in [0.1, 0.15) is 0 Å². The molecule has 2 saturated heterocycles. The Balaban J connectivity index is 1.91. The largest absolute Gasteiger partial charge is 0.312 e. The normalized spacial score (nSPS) is 39.2. The monoisotopic (exact) mass is 199 g/mol. The van der Waals surface area contributed by atoms with Crippen molar-refractivity contribution in [3.05, 3.63) is 0 Å². The summed E-state index contributed by atoms with van der Waals surface area (Å²) in [6.07, 6.45) is 4.28. The van der Waals surface area contributed by atoms with Crippen molar-refractivity contribution in [2.75, 3.05) is 18.1 Å². The summed E-state index contributed by atoms with van der Waals surface area (Å²) in [6, 6.07) is 0. The summed E-state index contributed by atoms with van der Waals surface area (Å²) < 4.78 is 0. The lowest BCUT2D eigenvalue weighted by molar-refractivity contribution is 0.184. The minimum absolute atomic E-state index is 0.399. The van der Waals surface area contributed by atoms with Gasteiger partial charge in [0.05, 0.1) is 0 Å². The lowest BCUT2D eigenvalue weighted by Crippen LogP contribution is -2.47. The molecule has 0 amide bonds. The van der Waals surface area contributed by atoms with E-state index in [2.05, 4.69) is 30.9 Å². The lowest BCUT2D eigenvalue weighted by Gasteiger charge is -2.39. The summed E-state index contributed by atoms with van der Waals surface area (Å²) in [6.45, 7) is 5.93. The van der Waals surface area contributed by atoms with Crippen molar-refractivity contribution in [1.29, 1.82) is 0 Å². The lowest BCUT2D eigenvalue weighted by atomic mass is 9.77. The quantitative estimate of drug-likeness (QED) is 0.696. The van der Waals surface area contributed by atoms with Crippen LogP contribution in [0.1, 0.15) is 33.1 Å². The van der Waals surface area contributed by atoms with Crippen LogP contribution in [0.25, 0.3) is 0 Å². The van der Waals surface area contributed by atoms with E-state index in [4.69, 9.17) is 0 Å². The fourth-order valence-electron chi connectivity index (χ4n) is 2.75. The molecular formula is C11H21NS. The number of nitrogens with one attached hydrogen (secondary N) is 1. The van der Waals surface area contributed by atoms with Crippen LogP contribution in [0.3, 0.4) is 0 Å². The van der Waals surface area contributed by atoms with Crippen LogP contribution in [0.2, 0.25) is 0 Å². The predicted molar refractivity (Wildman–Crippen MR) is 60.2 cm³/mol. The fourth-order valence-corrected chi connectivity index (χ4v) is 4.13. The summed E-state index contributed by atoms with van der Waals surface area (Å²) in [4.78, 5) is 0. The zero-order valence-electron chi connectivity index (χ0n) is 8.81. The molecule has 0 radical (unpaired) electrons. The first-order valence-corrected chi connectivity index (χ1v) is 6.66. The molecule has 0 bridgehead atoms. The van der Waals surface area contributed by atoms with Gasteiger partial charge in [0.2, 0.25) is 0 Å². The first-order valence-electron chi connectivity index (χ1n) is 5.50. The Morgan fingerprint density at radius 3 is 2.69 bits per heavy atom. The van der Waals surface area contributed by atoms with Crippen LogP contribution >= 0.6 is 11.8 Å². The molecule has 2 aliphatic heterocycles. The van der Waals surface area contributed by atoms with Gasteiger partial charge in [0.15, 0.2) is 0 Å². The Morgan fingerprint density at radius 2 is 2.08 bits per heavy atom. The second kappa shape index (κ2) is 3.82. The summed E-state index contributed by atoms with van der Waals surface area (Å²) >= 11 is 2.16. The van der Waals surface area contributed by atoms with Crippen LogP contribution in [0.15, 0.2) is 0 Å². The molecule has 76 valence electrons. The topological polar surface area (TPSA) is 12.0 Å². The molecule has 0 aromatic rings. The van der Waals surface area contributed by atoms with Crippen LogP contribution in [-0.4, -0.2) is 23.6 Å². The molecule has 2 heterocycles. The van der Waals surface area contributed by atoms with E-state index in [1.807, 2.05) is 0 Å². The fraction of sp³-hybridized carbons (Fsp3) is 1.00. The van der Waals surface area contributed by atoms with Gasteiger partial charge in [-0.3, -0.25) is 0 Å². The Bertz CT molecular complexity index is 173. The molecule has 2 fully saturated rings. The van der Waals surface area contributed by atoms with E-state index < -0.39 is 0 Å². The summed E-state index contributed by atoms with van der Waals surface area (Å²) in [7, 11) is 0. The molecule has 0 saturated carbocycles. The standard InChI is InChI=1S/C11H21NS/c1-11(2)7-9(3-5-12-11)10-4-6-13-8-10/h9-10,12H,3-8H2,1-2H3. The maximum atomic E-state index is 3.60. The van der Waals surface area contributed by atoms with Crippen molar-refractivity contribution >= 4 is 11.8 Å². The zero-order valence-corrected chi connectivity index (χ0v) is 9.62. The predicted octanol–water partition coefficient (Wildman–Crippen LogP) is 2.52. The zero-order chi connectivity index (χ0) is 9.31. The summed E-state index contributed by atoms with van der Waals surface area (Å²) in [5, 5.41) is 3.60. The van der Waals surface area contributed by atoms with Crippen LogP contribution in [0.5, 0.6) is 0 Å². The van der Waals surface area contributed by atoms with Crippen molar-refractivity contribution in [2.45, 2.75) is 38.6 Å². The Labute approximate surface area is 86.0 Å². The Hall–Kier alpha value is 0.310. The Morgan fingerprint density at radius 1 is 1.23 bits per heavy atom. The molecule has 13 heavy (non-hydrogen) atoms. The molecule has 2 unspecified atom stereocenters. The molecule has 2 rings (SSSR count). The highest BCUT2D eigenvalue weighted by Gasteiger charge is 2.33. The van der Waals surface area contributed by atoms with E-state index in [1.165, 1.54) is 37.3 Å². The molecule has 2 heteroatoms. The minimum atomic E-state index is 0.399. The van der Waals surface area contributed by atoms with E-state index in [1.54, 1.807) is 0 Å². The number of piperidine rings is 1. The minimum Gasteiger partial charge on any atom is -0.312 e. The van der Waals surface area contributed by atoms with Crippen LogP contribution in [0, 0.1) is 11.8 Å². The maximum Gasteiger partial charge on any atom is 0.0127 e. The number of thioether (sulfide) groups is 1. The molecule has 0 aromatic carbocycles. The summed E-state index contributed by atoms with van der Waals surface area (Å²) in [5.74, 6) is 4.88. The molecular weight excluding hydrogens is 178 g/mol. The average molecular weight is 199 g/mol. The second-order valence-corrected chi connectivity index (χ2v) is 6.34. The van der Waals surface area contributed by atoms with E-state index in [0.717, 1.165) is 11.8 Å². The van der Waals surface area contributed by atoms with Gasteiger partial charge in [-0.2, -0.15) is 11.8 Å². The third-order valence-corrected chi connectivity index (χ3v) is 4.71. The van der Waals surface area contributed by atoms with Gasteiger partial charge in [-0.25, -0.2) is 0 Å². The number of rotatable bonds is 1. The first kappa shape index (κ1) is 9.85. The van der Waals surface area contributed by atoms with Gasteiger partial charge in [-0.1, -0.05) is 0 Å². The molecule has 1 nitrogen and oxygen atoms in total. The highest BCUT2D eigenvalue weighted by atomic mass is 32.2. The molecule has 0 aliphatic carbocycles. The van der Waals surface area contributed by atoms with Gasteiger partial charge in [0, 0.05) is 5.54 Å². The number of hydrogen-bond acceptors (Lipinski definition) is 2. The summed E-state index contributed by atoms with van der Waals surface area (Å²) in [5.41, 5.74) is 0.399. The average Bonchev–Trinajstić information content (AvgIpc) is 2.53. The molecule has 2 atom stereocenters. The van der Waals surface area contributed by atoms with Crippen molar-refractivity contribution < 1.29 is 0 Å². The molecule has 2 aliphatic rings. The van der Waals surface area contributed by atoms with E-state index in [0.29, 0.717) is 5.54 Å². The van der Waals surface area contributed by atoms with Crippen LogP contribution in [0.4, 0.5) is 0 Å². The van der Waals surface area contributed by atoms with Gasteiger partial charge < -0.3 is 5.32 Å². The van der Waals surface area contributed by atoms with Gasteiger partial charge >= 0.3 is 0 Å². The number of hydrogen-bond donors (Lipinski definition) is 1. The van der Waals surface area contributed by atoms with Crippen molar-refractivity contribution in [1.82, 2.24) is 5.32 Å². The van der Waals surface area contributed by atoms with Gasteiger partial charge in [0.25, 0.3) is 0 Å². The van der Waals surface area contributed by atoms with Crippen LogP contribution < -0.4 is 5.32 Å². The first-order chi connectivity index (χ1) is 6.17. The van der Waals surface area contributed by atoms with Crippen molar-refractivity contribution in [2.24, 2.45) is 11.8 Å². The molecule has 1 N–H and O–H groups in total. The Kier molecular flexibility index (Phi) is 2.89. The van der Waals surface area contributed by atoms with E-state index >= 15 is 0 Å². The van der Waals surface area contributed by atoms with E-state index in [-0.39, 0.29) is 0 Å².